The molecule has 2 heterocycles. The van der Waals surface area contributed by atoms with Crippen molar-refractivity contribution in [1.82, 2.24) is 19.7 Å². The molecule has 0 saturated heterocycles. The van der Waals surface area contributed by atoms with Crippen LogP contribution in [0.25, 0.3) is 16.9 Å². The lowest BCUT2D eigenvalue weighted by atomic mass is 10.1. The number of aromatic nitrogens is 4. The summed E-state index contributed by atoms with van der Waals surface area (Å²) in [6, 6.07) is 7.66. The lowest BCUT2D eigenvalue weighted by Crippen LogP contribution is -1.99. The molecule has 0 aliphatic rings. The SMILES string of the molecule is COc1ccc(-c2cnccn2)c(-n2cccn2)c1. The highest BCUT2D eigenvalue weighted by atomic mass is 16.5. The molecule has 1 aromatic carbocycles. The monoisotopic (exact) mass is 252 g/mol. The molecule has 0 atom stereocenters. The highest BCUT2D eigenvalue weighted by molar-refractivity contribution is 5.70. The van der Waals surface area contributed by atoms with Gasteiger partial charge in [0.2, 0.25) is 0 Å². The molecule has 0 aliphatic heterocycles. The zero-order valence-electron chi connectivity index (χ0n) is 10.4. The average Bonchev–Trinajstić information content (AvgIpc) is 3.01. The molecule has 19 heavy (non-hydrogen) atoms. The van der Waals surface area contributed by atoms with Gasteiger partial charge in [0.05, 0.1) is 24.7 Å². The summed E-state index contributed by atoms with van der Waals surface area (Å²) in [5.74, 6) is 0.776. The maximum Gasteiger partial charge on any atom is 0.121 e. The lowest BCUT2D eigenvalue weighted by Gasteiger charge is -2.10. The number of ether oxygens (including phenoxy) is 1. The third kappa shape index (κ3) is 2.18. The fourth-order valence-electron chi connectivity index (χ4n) is 1.89. The molecule has 5 nitrogen and oxygen atoms in total. The summed E-state index contributed by atoms with van der Waals surface area (Å²) >= 11 is 0. The normalized spacial score (nSPS) is 10.4. The molecule has 5 heteroatoms. The number of rotatable bonds is 3. The molecule has 0 unspecified atom stereocenters. The Morgan fingerprint density at radius 3 is 2.79 bits per heavy atom. The van der Waals surface area contributed by atoms with E-state index in [0.29, 0.717) is 0 Å². The first-order valence-corrected chi connectivity index (χ1v) is 5.83. The molecule has 2 aromatic heterocycles. The third-order valence-electron chi connectivity index (χ3n) is 2.80. The summed E-state index contributed by atoms with van der Waals surface area (Å²) in [5, 5.41) is 4.26. The van der Waals surface area contributed by atoms with Crippen molar-refractivity contribution in [2.45, 2.75) is 0 Å². The number of hydrogen-bond acceptors (Lipinski definition) is 4. The van der Waals surface area contributed by atoms with Gasteiger partial charge in [-0.3, -0.25) is 9.97 Å². The van der Waals surface area contributed by atoms with Crippen LogP contribution in [0.5, 0.6) is 5.75 Å². The summed E-state index contributed by atoms with van der Waals surface area (Å²) in [5.41, 5.74) is 2.66. The maximum atomic E-state index is 5.27. The van der Waals surface area contributed by atoms with Gasteiger partial charge in [0, 0.05) is 36.4 Å². The Kier molecular flexibility index (Phi) is 2.94. The lowest BCUT2D eigenvalue weighted by molar-refractivity contribution is 0.414. The highest BCUT2D eigenvalue weighted by Gasteiger charge is 2.10. The molecular weight excluding hydrogens is 240 g/mol. The molecule has 0 bridgehead atoms. The summed E-state index contributed by atoms with van der Waals surface area (Å²) in [4.78, 5) is 8.43. The van der Waals surface area contributed by atoms with Crippen molar-refractivity contribution >= 4 is 0 Å². The fraction of sp³-hybridized carbons (Fsp3) is 0.0714. The average molecular weight is 252 g/mol. The molecule has 0 N–H and O–H groups in total. The number of hydrogen-bond donors (Lipinski definition) is 0. The van der Waals surface area contributed by atoms with Gasteiger partial charge in [0.1, 0.15) is 5.75 Å². The molecule has 3 aromatic rings. The fourth-order valence-corrected chi connectivity index (χ4v) is 1.89. The molecule has 3 rings (SSSR count). The first-order valence-electron chi connectivity index (χ1n) is 5.83. The van der Waals surface area contributed by atoms with E-state index in [1.165, 1.54) is 0 Å². The van der Waals surface area contributed by atoms with Gasteiger partial charge in [0.25, 0.3) is 0 Å². The Labute approximate surface area is 110 Å². The van der Waals surface area contributed by atoms with E-state index in [0.717, 1.165) is 22.7 Å². The van der Waals surface area contributed by atoms with Crippen molar-refractivity contribution in [2.75, 3.05) is 7.11 Å². The highest BCUT2D eigenvalue weighted by Crippen LogP contribution is 2.28. The van der Waals surface area contributed by atoms with Crippen molar-refractivity contribution in [2.24, 2.45) is 0 Å². The Hall–Kier alpha value is -2.69. The second-order valence-corrected chi connectivity index (χ2v) is 3.92. The van der Waals surface area contributed by atoms with Crippen LogP contribution >= 0.6 is 0 Å². The summed E-state index contributed by atoms with van der Waals surface area (Å²) < 4.78 is 7.05. The van der Waals surface area contributed by atoms with Gasteiger partial charge in [-0.1, -0.05) is 0 Å². The zero-order chi connectivity index (χ0) is 13.1. The molecule has 0 spiro atoms. The van der Waals surface area contributed by atoms with Gasteiger partial charge < -0.3 is 4.74 Å². The van der Waals surface area contributed by atoms with Crippen LogP contribution in [0.4, 0.5) is 0 Å². The van der Waals surface area contributed by atoms with Crippen molar-refractivity contribution < 1.29 is 4.74 Å². The second kappa shape index (κ2) is 4.89. The molecular formula is C14H12N4O. The minimum atomic E-state index is 0.776. The Morgan fingerprint density at radius 2 is 2.11 bits per heavy atom. The minimum Gasteiger partial charge on any atom is -0.497 e. The minimum absolute atomic E-state index is 0.776. The Balaban J connectivity index is 2.19. The summed E-state index contributed by atoms with van der Waals surface area (Å²) in [6.45, 7) is 0. The maximum absolute atomic E-state index is 5.27. The van der Waals surface area contributed by atoms with Crippen molar-refractivity contribution in [3.63, 3.8) is 0 Å². The number of methoxy groups -OCH3 is 1. The molecule has 94 valence electrons. The standard InChI is InChI=1S/C14H12N4O/c1-19-11-3-4-12(13-10-15-6-7-16-13)14(9-11)18-8-2-5-17-18/h2-10H,1H3. The molecule has 0 radical (unpaired) electrons. The van der Waals surface area contributed by atoms with Gasteiger partial charge in [-0.2, -0.15) is 5.10 Å². The molecule has 0 amide bonds. The second-order valence-electron chi connectivity index (χ2n) is 3.92. The van der Waals surface area contributed by atoms with Crippen LogP contribution in [-0.2, 0) is 0 Å². The van der Waals surface area contributed by atoms with Crippen LogP contribution in [0.2, 0.25) is 0 Å². The van der Waals surface area contributed by atoms with Crippen molar-refractivity contribution in [3.05, 3.63) is 55.2 Å². The quantitative estimate of drug-likeness (QED) is 0.718. The van der Waals surface area contributed by atoms with Crippen LogP contribution in [-0.4, -0.2) is 26.9 Å². The molecule has 0 aliphatic carbocycles. The van der Waals surface area contributed by atoms with Gasteiger partial charge in [0.15, 0.2) is 0 Å². The van der Waals surface area contributed by atoms with Crippen LogP contribution in [0, 0.1) is 0 Å². The van der Waals surface area contributed by atoms with Crippen LogP contribution < -0.4 is 4.74 Å². The first-order chi connectivity index (χ1) is 9.38. The zero-order valence-corrected chi connectivity index (χ0v) is 10.4. The molecule has 0 saturated carbocycles. The number of benzene rings is 1. The topological polar surface area (TPSA) is 52.8 Å². The van der Waals surface area contributed by atoms with E-state index < -0.39 is 0 Å². The largest absolute Gasteiger partial charge is 0.497 e. The Morgan fingerprint density at radius 1 is 1.16 bits per heavy atom. The van der Waals surface area contributed by atoms with Crippen molar-refractivity contribution in [3.8, 4) is 22.7 Å². The van der Waals surface area contributed by atoms with E-state index in [-0.39, 0.29) is 0 Å². The van der Waals surface area contributed by atoms with E-state index in [2.05, 4.69) is 15.1 Å². The first kappa shape index (κ1) is 11.4. The molecule has 0 fully saturated rings. The van der Waals surface area contributed by atoms with Crippen LogP contribution in [0.15, 0.2) is 55.2 Å². The smallest absolute Gasteiger partial charge is 0.121 e. The Bertz CT molecular complexity index is 665. The van der Waals surface area contributed by atoms with E-state index in [4.69, 9.17) is 4.74 Å². The number of nitrogens with zero attached hydrogens (tertiary/aromatic N) is 4. The summed E-state index contributed by atoms with van der Waals surface area (Å²) in [7, 11) is 1.64. The van der Waals surface area contributed by atoms with E-state index >= 15 is 0 Å². The van der Waals surface area contributed by atoms with Crippen molar-refractivity contribution in [1.29, 1.82) is 0 Å². The predicted octanol–water partition coefficient (Wildman–Crippen LogP) is 2.34. The van der Waals surface area contributed by atoms with Gasteiger partial charge >= 0.3 is 0 Å². The van der Waals surface area contributed by atoms with Crippen LogP contribution in [0.3, 0.4) is 0 Å². The van der Waals surface area contributed by atoms with E-state index in [9.17, 15) is 0 Å². The van der Waals surface area contributed by atoms with E-state index in [1.807, 2.05) is 30.5 Å². The van der Waals surface area contributed by atoms with Gasteiger partial charge in [-0.05, 0) is 18.2 Å². The van der Waals surface area contributed by atoms with Gasteiger partial charge in [-0.15, -0.1) is 0 Å². The van der Waals surface area contributed by atoms with E-state index in [1.54, 1.807) is 36.6 Å². The summed E-state index contributed by atoms with van der Waals surface area (Å²) in [6.07, 6.45) is 8.68. The third-order valence-corrected chi connectivity index (χ3v) is 2.80. The van der Waals surface area contributed by atoms with Crippen LogP contribution in [0.1, 0.15) is 0 Å². The predicted molar refractivity (Wildman–Crippen MR) is 71.1 cm³/mol. The van der Waals surface area contributed by atoms with Gasteiger partial charge in [-0.25, -0.2) is 4.68 Å².